The molecule has 116 valence electrons. The van der Waals surface area contributed by atoms with Crippen molar-refractivity contribution in [3.63, 3.8) is 0 Å². The monoisotopic (exact) mass is 384 g/mol. The highest BCUT2D eigenvalue weighted by atomic mass is 79.9. The first kappa shape index (κ1) is 16.6. The standard InChI is InChI=1S/C16H14BrClO4/c1-20-14-7-10(12(17)8-15(14)21-2)9-22-16(19)11-5-3-4-6-13(11)18/h3-8H,9H2,1-2H3. The average molecular weight is 386 g/mol. The first-order chi connectivity index (χ1) is 10.6. The molecule has 2 aromatic carbocycles. The molecule has 0 N–H and O–H groups in total. The Bertz CT molecular complexity index is 688. The summed E-state index contributed by atoms with van der Waals surface area (Å²) in [6.45, 7) is 0.0883. The Labute approximate surface area is 142 Å². The maximum Gasteiger partial charge on any atom is 0.339 e. The highest BCUT2D eigenvalue weighted by Crippen LogP contribution is 2.33. The number of carbonyl (C=O) groups excluding carboxylic acids is 1. The fourth-order valence-electron chi connectivity index (χ4n) is 1.85. The molecule has 4 nitrogen and oxygen atoms in total. The zero-order chi connectivity index (χ0) is 16.1. The number of esters is 1. The van der Waals surface area contributed by atoms with Crippen molar-refractivity contribution in [2.45, 2.75) is 6.61 Å². The number of benzene rings is 2. The predicted octanol–water partition coefficient (Wildman–Crippen LogP) is 4.48. The molecule has 0 atom stereocenters. The number of hydrogen-bond acceptors (Lipinski definition) is 4. The van der Waals surface area contributed by atoms with Gasteiger partial charge >= 0.3 is 5.97 Å². The quantitative estimate of drug-likeness (QED) is 0.712. The lowest BCUT2D eigenvalue weighted by molar-refractivity contribution is 0.0472. The molecule has 0 fully saturated rings. The third-order valence-electron chi connectivity index (χ3n) is 3.01. The number of methoxy groups -OCH3 is 2. The highest BCUT2D eigenvalue weighted by molar-refractivity contribution is 9.10. The zero-order valence-corrected chi connectivity index (χ0v) is 14.4. The van der Waals surface area contributed by atoms with Crippen LogP contribution in [0.15, 0.2) is 40.9 Å². The molecule has 0 amide bonds. The smallest absolute Gasteiger partial charge is 0.339 e. The van der Waals surface area contributed by atoms with E-state index in [-0.39, 0.29) is 6.61 Å². The average Bonchev–Trinajstić information content (AvgIpc) is 2.53. The van der Waals surface area contributed by atoms with Gasteiger partial charge in [-0.1, -0.05) is 39.7 Å². The van der Waals surface area contributed by atoms with Crippen LogP contribution in [0, 0.1) is 0 Å². The summed E-state index contributed by atoms with van der Waals surface area (Å²) in [5.74, 6) is 0.678. The summed E-state index contributed by atoms with van der Waals surface area (Å²) in [4.78, 5) is 12.0. The van der Waals surface area contributed by atoms with E-state index >= 15 is 0 Å². The van der Waals surface area contributed by atoms with Gasteiger partial charge in [-0.3, -0.25) is 0 Å². The fourth-order valence-corrected chi connectivity index (χ4v) is 2.50. The van der Waals surface area contributed by atoms with Crippen LogP contribution >= 0.6 is 27.5 Å². The van der Waals surface area contributed by atoms with Crippen LogP contribution in [0.5, 0.6) is 11.5 Å². The van der Waals surface area contributed by atoms with Crippen LogP contribution in [-0.2, 0) is 11.3 Å². The molecule has 2 rings (SSSR count). The van der Waals surface area contributed by atoms with Crippen LogP contribution in [0.2, 0.25) is 5.02 Å². The summed E-state index contributed by atoms with van der Waals surface area (Å²) in [6, 6.07) is 10.3. The lowest BCUT2D eigenvalue weighted by Gasteiger charge is -2.12. The van der Waals surface area contributed by atoms with Gasteiger partial charge in [0.1, 0.15) is 6.61 Å². The van der Waals surface area contributed by atoms with Gasteiger partial charge in [-0.25, -0.2) is 4.79 Å². The molecule has 0 aliphatic carbocycles. The number of rotatable bonds is 5. The van der Waals surface area contributed by atoms with Gasteiger partial charge in [-0.05, 0) is 24.3 Å². The van der Waals surface area contributed by atoms with Gasteiger partial charge in [0.05, 0.1) is 24.8 Å². The van der Waals surface area contributed by atoms with Crippen molar-refractivity contribution in [3.8, 4) is 11.5 Å². The van der Waals surface area contributed by atoms with Crippen LogP contribution in [0.25, 0.3) is 0 Å². The number of halogens is 2. The van der Waals surface area contributed by atoms with Crippen LogP contribution in [0.3, 0.4) is 0 Å². The SMILES string of the molecule is COc1cc(Br)c(COC(=O)c2ccccc2Cl)cc1OC. The Morgan fingerprint density at radius 3 is 2.41 bits per heavy atom. The van der Waals surface area contributed by atoms with Gasteiger partial charge in [0.25, 0.3) is 0 Å². The second-order valence-electron chi connectivity index (χ2n) is 4.35. The number of carbonyl (C=O) groups is 1. The summed E-state index contributed by atoms with van der Waals surface area (Å²) in [6.07, 6.45) is 0. The van der Waals surface area contributed by atoms with E-state index in [9.17, 15) is 4.79 Å². The van der Waals surface area contributed by atoms with Gasteiger partial charge in [-0.2, -0.15) is 0 Å². The molecule has 2 aromatic rings. The topological polar surface area (TPSA) is 44.8 Å². The van der Waals surface area contributed by atoms with Crippen molar-refractivity contribution in [2.75, 3.05) is 14.2 Å². The van der Waals surface area contributed by atoms with Gasteiger partial charge in [0, 0.05) is 10.0 Å². The Balaban J connectivity index is 2.15. The minimum absolute atomic E-state index is 0.0883. The fraction of sp³-hybridized carbons (Fsp3) is 0.188. The molecular formula is C16H14BrClO4. The van der Waals surface area contributed by atoms with E-state index in [1.165, 1.54) is 0 Å². The minimum Gasteiger partial charge on any atom is -0.493 e. The Morgan fingerprint density at radius 1 is 1.14 bits per heavy atom. The van der Waals surface area contributed by atoms with Crippen molar-refractivity contribution in [1.82, 2.24) is 0 Å². The molecule has 0 spiro atoms. The molecule has 0 aliphatic rings. The van der Waals surface area contributed by atoms with Crippen LogP contribution < -0.4 is 9.47 Å². The molecule has 0 unspecified atom stereocenters. The first-order valence-electron chi connectivity index (χ1n) is 6.39. The van der Waals surface area contributed by atoms with Crippen LogP contribution in [0.1, 0.15) is 15.9 Å². The molecule has 0 saturated heterocycles. The molecule has 22 heavy (non-hydrogen) atoms. The van der Waals surface area contributed by atoms with Crippen molar-refractivity contribution in [2.24, 2.45) is 0 Å². The van der Waals surface area contributed by atoms with E-state index in [4.69, 9.17) is 25.8 Å². The number of hydrogen-bond donors (Lipinski definition) is 0. The zero-order valence-electron chi connectivity index (χ0n) is 12.1. The van der Waals surface area contributed by atoms with Gasteiger partial charge < -0.3 is 14.2 Å². The molecule has 0 saturated carbocycles. The lowest BCUT2D eigenvalue weighted by atomic mass is 10.2. The van der Waals surface area contributed by atoms with Crippen LogP contribution in [0.4, 0.5) is 0 Å². The minimum atomic E-state index is -0.479. The molecule has 6 heteroatoms. The van der Waals surface area contributed by atoms with Gasteiger partial charge in [0.2, 0.25) is 0 Å². The third kappa shape index (κ3) is 3.72. The summed E-state index contributed by atoms with van der Waals surface area (Å²) in [5, 5.41) is 0.360. The van der Waals surface area contributed by atoms with E-state index in [0.717, 1.165) is 10.0 Å². The Morgan fingerprint density at radius 2 is 1.77 bits per heavy atom. The van der Waals surface area contributed by atoms with Crippen molar-refractivity contribution < 1.29 is 19.0 Å². The molecular weight excluding hydrogens is 372 g/mol. The maximum atomic E-state index is 12.0. The lowest BCUT2D eigenvalue weighted by Crippen LogP contribution is -2.06. The normalized spacial score (nSPS) is 10.2. The summed E-state index contributed by atoms with van der Waals surface area (Å²) >= 11 is 9.39. The first-order valence-corrected chi connectivity index (χ1v) is 7.56. The van der Waals surface area contributed by atoms with E-state index in [0.29, 0.717) is 22.1 Å². The van der Waals surface area contributed by atoms with Crippen molar-refractivity contribution in [3.05, 3.63) is 57.0 Å². The number of ether oxygens (including phenoxy) is 3. The van der Waals surface area contributed by atoms with E-state index in [2.05, 4.69) is 15.9 Å². The van der Waals surface area contributed by atoms with Crippen LogP contribution in [-0.4, -0.2) is 20.2 Å². The third-order valence-corrected chi connectivity index (χ3v) is 4.07. The Hall–Kier alpha value is -1.72. The summed E-state index contributed by atoms with van der Waals surface area (Å²) in [7, 11) is 3.10. The van der Waals surface area contributed by atoms with E-state index in [1.807, 2.05) is 0 Å². The van der Waals surface area contributed by atoms with Crippen molar-refractivity contribution >= 4 is 33.5 Å². The van der Waals surface area contributed by atoms with Gasteiger partial charge in [0.15, 0.2) is 11.5 Å². The van der Waals surface area contributed by atoms with E-state index < -0.39 is 5.97 Å². The maximum absolute atomic E-state index is 12.0. The van der Waals surface area contributed by atoms with Gasteiger partial charge in [-0.15, -0.1) is 0 Å². The predicted molar refractivity (Wildman–Crippen MR) is 87.8 cm³/mol. The largest absolute Gasteiger partial charge is 0.493 e. The highest BCUT2D eigenvalue weighted by Gasteiger charge is 2.14. The second-order valence-corrected chi connectivity index (χ2v) is 5.62. The molecule has 0 bridgehead atoms. The molecule has 0 heterocycles. The molecule has 0 aromatic heterocycles. The van der Waals surface area contributed by atoms with E-state index in [1.54, 1.807) is 50.6 Å². The molecule has 0 radical (unpaired) electrons. The van der Waals surface area contributed by atoms with Crippen molar-refractivity contribution in [1.29, 1.82) is 0 Å². The molecule has 0 aliphatic heterocycles. The summed E-state index contributed by atoms with van der Waals surface area (Å²) < 4.78 is 16.5. The second kappa shape index (κ2) is 7.51. The summed E-state index contributed by atoms with van der Waals surface area (Å²) in [5.41, 5.74) is 1.10. The Kier molecular flexibility index (Phi) is 5.69.